The van der Waals surface area contributed by atoms with Gasteiger partial charge in [0.25, 0.3) is 5.91 Å². The van der Waals surface area contributed by atoms with Crippen LogP contribution in [0.15, 0.2) is 36.4 Å². The molecule has 0 fully saturated rings. The molecular weight excluding hydrogens is 324 g/mol. The van der Waals surface area contributed by atoms with Gasteiger partial charge in [0.2, 0.25) is 5.91 Å². The zero-order valence-corrected chi connectivity index (χ0v) is 14.8. The molecule has 0 aliphatic carbocycles. The summed E-state index contributed by atoms with van der Waals surface area (Å²) in [4.78, 5) is 24.0. The van der Waals surface area contributed by atoms with Crippen molar-refractivity contribution in [3.63, 3.8) is 0 Å². The standard InChI is InChI=1S/C19H21ClN2O2/c1-12-7-8-14(11-16(12)20)9-10-18(23)22-17-6-4-5-15(13(17)2)19(24)21-3/h4-8,11H,9-10H2,1-3H3,(H,21,24)(H,22,23). The third-order valence-electron chi connectivity index (χ3n) is 3.96. The number of amides is 2. The van der Waals surface area contributed by atoms with Crippen LogP contribution in [0, 0.1) is 13.8 Å². The van der Waals surface area contributed by atoms with E-state index in [-0.39, 0.29) is 11.8 Å². The van der Waals surface area contributed by atoms with Gasteiger partial charge in [-0.15, -0.1) is 0 Å². The van der Waals surface area contributed by atoms with Crippen molar-refractivity contribution in [2.24, 2.45) is 0 Å². The van der Waals surface area contributed by atoms with E-state index in [9.17, 15) is 9.59 Å². The second-order valence-electron chi connectivity index (χ2n) is 5.69. The molecule has 0 saturated carbocycles. The molecule has 0 heterocycles. The van der Waals surface area contributed by atoms with Crippen LogP contribution in [0.1, 0.15) is 33.5 Å². The average Bonchev–Trinajstić information content (AvgIpc) is 2.57. The molecule has 2 rings (SSSR count). The number of anilines is 1. The number of hydrogen-bond acceptors (Lipinski definition) is 2. The van der Waals surface area contributed by atoms with E-state index in [0.717, 1.165) is 16.7 Å². The Morgan fingerprint density at radius 3 is 2.54 bits per heavy atom. The van der Waals surface area contributed by atoms with Gasteiger partial charge in [0.05, 0.1) is 0 Å². The number of nitrogens with one attached hydrogen (secondary N) is 2. The molecule has 2 aromatic rings. The Kier molecular flexibility index (Phi) is 5.99. The molecule has 0 unspecified atom stereocenters. The molecule has 0 bridgehead atoms. The zero-order chi connectivity index (χ0) is 17.7. The Bertz CT molecular complexity index is 772. The highest BCUT2D eigenvalue weighted by atomic mass is 35.5. The van der Waals surface area contributed by atoms with Crippen molar-refractivity contribution in [2.45, 2.75) is 26.7 Å². The van der Waals surface area contributed by atoms with Gasteiger partial charge in [-0.2, -0.15) is 0 Å². The lowest BCUT2D eigenvalue weighted by molar-refractivity contribution is -0.116. The predicted octanol–water partition coefficient (Wildman–Crippen LogP) is 3.89. The largest absolute Gasteiger partial charge is 0.355 e. The highest BCUT2D eigenvalue weighted by Gasteiger charge is 2.12. The van der Waals surface area contributed by atoms with Crippen LogP contribution in [0.5, 0.6) is 0 Å². The van der Waals surface area contributed by atoms with Crippen molar-refractivity contribution in [1.29, 1.82) is 0 Å². The lowest BCUT2D eigenvalue weighted by Crippen LogP contribution is -2.20. The summed E-state index contributed by atoms with van der Waals surface area (Å²) >= 11 is 6.10. The van der Waals surface area contributed by atoms with Crippen LogP contribution in [0.4, 0.5) is 5.69 Å². The molecule has 2 N–H and O–H groups in total. The highest BCUT2D eigenvalue weighted by molar-refractivity contribution is 6.31. The Morgan fingerprint density at radius 2 is 1.88 bits per heavy atom. The Balaban J connectivity index is 2.02. The fraction of sp³-hybridized carbons (Fsp3) is 0.263. The molecule has 2 amide bonds. The quantitative estimate of drug-likeness (QED) is 0.864. The van der Waals surface area contributed by atoms with Gasteiger partial charge < -0.3 is 10.6 Å². The topological polar surface area (TPSA) is 58.2 Å². The first-order chi connectivity index (χ1) is 11.4. The first-order valence-electron chi connectivity index (χ1n) is 7.79. The molecule has 0 atom stereocenters. The van der Waals surface area contributed by atoms with E-state index in [4.69, 9.17) is 11.6 Å². The van der Waals surface area contributed by atoms with Gasteiger partial charge in [-0.05, 0) is 55.2 Å². The molecule has 0 radical (unpaired) electrons. The summed E-state index contributed by atoms with van der Waals surface area (Å²) in [5.74, 6) is -0.262. The van der Waals surface area contributed by atoms with E-state index in [1.807, 2.05) is 32.0 Å². The van der Waals surface area contributed by atoms with E-state index in [1.54, 1.807) is 25.2 Å². The molecule has 24 heavy (non-hydrogen) atoms. The number of carbonyl (C=O) groups excluding carboxylic acids is 2. The first kappa shape index (κ1) is 18.0. The monoisotopic (exact) mass is 344 g/mol. The number of carbonyl (C=O) groups is 2. The normalized spacial score (nSPS) is 10.3. The molecule has 4 nitrogen and oxygen atoms in total. The van der Waals surface area contributed by atoms with Crippen LogP contribution in [-0.4, -0.2) is 18.9 Å². The van der Waals surface area contributed by atoms with Crippen molar-refractivity contribution in [1.82, 2.24) is 5.32 Å². The maximum Gasteiger partial charge on any atom is 0.251 e. The van der Waals surface area contributed by atoms with Crippen molar-refractivity contribution in [3.05, 3.63) is 63.7 Å². The molecule has 126 valence electrons. The third-order valence-corrected chi connectivity index (χ3v) is 4.36. The van der Waals surface area contributed by atoms with E-state index in [2.05, 4.69) is 10.6 Å². The van der Waals surface area contributed by atoms with E-state index in [1.165, 1.54) is 0 Å². The maximum absolute atomic E-state index is 12.2. The summed E-state index contributed by atoms with van der Waals surface area (Å²) in [5, 5.41) is 6.18. The molecular formula is C19H21ClN2O2. The molecule has 5 heteroatoms. The van der Waals surface area contributed by atoms with Gasteiger partial charge >= 0.3 is 0 Å². The number of hydrogen-bond donors (Lipinski definition) is 2. The average molecular weight is 345 g/mol. The number of rotatable bonds is 5. The van der Waals surface area contributed by atoms with Crippen molar-refractivity contribution in [2.75, 3.05) is 12.4 Å². The minimum atomic E-state index is -0.169. The zero-order valence-electron chi connectivity index (χ0n) is 14.1. The summed E-state index contributed by atoms with van der Waals surface area (Å²) in [7, 11) is 1.58. The number of halogens is 1. The van der Waals surface area contributed by atoms with Crippen LogP contribution in [0.2, 0.25) is 5.02 Å². The Morgan fingerprint density at radius 1 is 1.12 bits per heavy atom. The molecule has 0 aromatic heterocycles. The van der Waals surface area contributed by atoms with Gasteiger partial charge in [-0.25, -0.2) is 0 Å². The second-order valence-corrected chi connectivity index (χ2v) is 6.10. The van der Waals surface area contributed by atoms with Crippen molar-refractivity contribution in [3.8, 4) is 0 Å². The van der Waals surface area contributed by atoms with Gasteiger partial charge in [-0.3, -0.25) is 9.59 Å². The summed E-state index contributed by atoms with van der Waals surface area (Å²) in [6.07, 6.45) is 0.961. The van der Waals surface area contributed by atoms with Crippen LogP contribution in [-0.2, 0) is 11.2 Å². The first-order valence-corrected chi connectivity index (χ1v) is 8.16. The minimum absolute atomic E-state index is 0.0937. The van der Waals surface area contributed by atoms with Gasteiger partial charge in [0.1, 0.15) is 0 Å². The summed E-state index contributed by atoms with van der Waals surface area (Å²) in [5.41, 5.74) is 4.01. The van der Waals surface area contributed by atoms with Crippen LogP contribution in [0.3, 0.4) is 0 Å². The Labute approximate surface area is 147 Å². The molecule has 0 spiro atoms. The smallest absolute Gasteiger partial charge is 0.251 e. The van der Waals surface area contributed by atoms with E-state index in [0.29, 0.717) is 29.1 Å². The molecule has 0 aliphatic heterocycles. The summed E-state index contributed by atoms with van der Waals surface area (Å²) < 4.78 is 0. The number of benzene rings is 2. The molecule has 2 aromatic carbocycles. The Hall–Kier alpha value is -2.33. The molecule has 0 aliphatic rings. The van der Waals surface area contributed by atoms with Gasteiger partial charge in [0, 0.05) is 29.7 Å². The van der Waals surface area contributed by atoms with Crippen molar-refractivity contribution < 1.29 is 9.59 Å². The third kappa shape index (κ3) is 4.36. The van der Waals surface area contributed by atoms with E-state index < -0.39 is 0 Å². The van der Waals surface area contributed by atoms with Crippen LogP contribution >= 0.6 is 11.6 Å². The highest BCUT2D eigenvalue weighted by Crippen LogP contribution is 2.20. The van der Waals surface area contributed by atoms with Gasteiger partial charge in [0.15, 0.2) is 0 Å². The summed E-state index contributed by atoms with van der Waals surface area (Å²) in [6.45, 7) is 3.76. The van der Waals surface area contributed by atoms with Crippen LogP contribution in [0.25, 0.3) is 0 Å². The van der Waals surface area contributed by atoms with Crippen LogP contribution < -0.4 is 10.6 Å². The number of aryl methyl sites for hydroxylation is 2. The lowest BCUT2D eigenvalue weighted by atomic mass is 10.1. The molecule has 0 saturated heterocycles. The van der Waals surface area contributed by atoms with Gasteiger partial charge in [-0.1, -0.05) is 29.8 Å². The fourth-order valence-corrected chi connectivity index (χ4v) is 2.62. The van der Waals surface area contributed by atoms with Crippen molar-refractivity contribution >= 4 is 29.1 Å². The minimum Gasteiger partial charge on any atom is -0.355 e. The lowest BCUT2D eigenvalue weighted by Gasteiger charge is -2.12. The predicted molar refractivity (Wildman–Crippen MR) is 97.7 cm³/mol. The summed E-state index contributed by atoms with van der Waals surface area (Å²) in [6, 6.07) is 11.1. The SMILES string of the molecule is CNC(=O)c1cccc(NC(=O)CCc2ccc(C)c(Cl)c2)c1C. The maximum atomic E-state index is 12.2. The second kappa shape index (κ2) is 7.97. The fourth-order valence-electron chi connectivity index (χ4n) is 2.41. The van der Waals surface area contributed by atoms with E-state index >= 15 is 0 Å².